The van der Waals surface area contributed by atoms with Gasteiger partial charge in [-0.1, -0.05) is 42.5 Å². The molecular formula is C17H15F6NO3. The average Bonchev–Trinajstić information content (AvgIpc) is 2.58. The van der Waals surface area contributed by atoms with E-state index >= 15 is 0 Å². The number of halogens is 6. The van der Waals surface area contributed by atoms with Crippen LogP contribution in [0.4, 0.5) is 26.3 Å². The largest absolute Gasteiger partial charge is 0.468 e. The van der Waals surface area contributed by atoms with Crippen LogP contribution in [-0.2, 0) is 9.53 Å². The molecule has 2 rings (SSSR count). The second-order valence-electron chi connectivity index (χ2n) is 5.98. The number of carbonyl (C=O) groups excluding carboxylic acids is 1. The molecule has 1 aliphatic rings. The summed E-state index contributed by atoms with van der Waals surface area (Å²) in [5.41, 5.74) is -3.06. The fourth-order valence-electron chi connectivity index (χ4n) is 3.07. The van der Waals surface area contributed by atoms with E-state index in [-0.39, 0.29) is 5.57 Å². The van der Waals surface area contributed by atoms with Gasteiger partial charge in [0.2, 0.25) is 0 Å². The quantitative estimate of drug-likeness (QED) is 0.608. The Morgan fingerprint density at radius 2 is 1.63 bits per heavy atom. The third kappa shape index (κ3) is 3.07. The smallest absolute Gasteiger partial charge is 0.427 e. The van der Waals surface area contributed by atoms with Crippen molar-refractivity contribution in [2.24, 2.45) is 11.1 Å². The number of alkyl halides is 6. The minimum atomic E-state index is -6.23. The SMILES string of the molecule is COC(=O)C1(C(O)(C(F)(F)F)C(F)(F)F)C=CC(c2ccccc2)=C(N)C1. The van der Waals surface area contributed by atoms with Crippen LogP contribution in [0.1, 0.15) is 12.0 Å². The zero-order chi connectivity index (χ0) is 20.7. The van der Waals surface area contributed by atoms with Crippen molar-refractivity contribution < 1.29 is 41.0 Å². The molecule has 0 saturated heterocycles. The molecule has 27 heavy (non-hydrogen) atoms. The van der Waals surface area contributed by atoms with Crippen molar-refractivity contribution in [3.63, 3.8) is 0 Å². The Hall–Kier alpha value is -2.49. The number of allylic oxidation sites excluding steroid dienone is 3. The van der Waals surface area contributed by atoms with Crippen LogP contribution in [0, 0.1) is 5.41 Å². The van der Waals surface area contributed by atoms with Gasteiger partial charge in [0.15, 0.2) is 0 Å². The number of ether oxygens (including phenoxy) is 1. The third-order valence-corrected chi connectivity index (χ3v) is 4.45. The number of aliphatic hydroxyl groups is 1. The van der Waals surface area contributed by atoms with Gasteiger partial charge in [-0.15, -0.1) is 0 Å². The standard InChI is InChI=1S/C17H15F6NO3/c1-27-13(25)14(15(26,16(18,19)20)17(21,22)23)8-7-11(12(24)9-14)10-5-3-2-4-6-10/h2-8,26H,9,24H2,1H3. The Morgan fingerprint density at radius 1 is 1.11 bits per heavy atom. The predicted molar refractivity (Wildman–Crippen MR) is 82.8 cm³/mol. The molecule has 3 N–H and O–H groups in total. The van der Waals surface area contributed by atoms with Gasteiger partial charge in [-0.25, -0.2) is 0 Å². The zero-order valence-corrected chi connectivity index (χ0v) is 13.9. The fourth-order valence-corrected chi connectivity index (χ4v) is 3.07. The summed E-state index contributed by atoms with van der Waals surface area (Å²) in [6.07, 6.45) is -12.5. The lowest BCUT2D eigenvalue weighted by Gasteiger charge is -2.45. The highest BCUT2D eigenvalue weighted by atomic mass is 19.4. The average molecular weight is 395 g/mol. The van der Waals surface area contributed by atoms with E-state index in [9.17, 15) is 36.2 Å². The monoisotopic (exact) mass is 395 g/mol. The van der Waals surface area contributed by atoms with Crippen LogP contribution >= 0.6 is 0 Å². The number of hydrogen-bond donors (Lipinski definition) is 2. The summed E-state index contributed by atoms with van der Waals surface area (Å²) in [4.78, 5) is 12.1. The van der Waals surface area contributed by atoms with E-state index in [1.807, 2.05) is 0 Å². The molecule has 1 aromatic carbocycles. The van der Waals surface area contributed by atoms with Gasteiger partial charge >= 0.3 is 18.3 Å². The Labute approximate surface area is 149 Å². The summed E-state index contributed by atoms with van der Waals surface area (Å²) in [7, 11) is 0.623. The number of esters is 1. The zero-order valence-electron chi connectivity index (χ0n) is 13.9. The molecule has 1 atom stereocenters. The van der Waals surface area contributed by atoms with E-state index in [2.05, 4.69) is 4.74 Å². The number of methoxy groups -OCH3 is 1. The first-order chi connectivity index (χ1) is 12.3. The van der Waals surface area contributed by atoms with Gasteiger partial charge in [0.25, 0.3) is 5.60 Å². The Kier molecular flexibility index (Phi) is 5.08. The van der Waals surface area contributed by atoms with Crippen LogP contribution in [0.3, 0.4) is 0 Å². The van der Waals surface area contributed by atoms with Crippen molar-refractivity contribution in [2.75, 3.05) is 7.11 Å². The molecule has 0 bridgehead atoms. The van der Waals surface area contributed by atoms with Crippen molar-refractivity contribution in [1.82, 2.24) is 0 Å². The van der Waals surface area contributed by atoms with Crippen LogP contribution in [0.2, 0.25) is 0 Å². The van der Waals surface area contributed by atoms with Crippen molar-refractivity contribution >= 4 is 11.5 Å². The summed E-state index contributed by atoms with van der Waals surface area (Å²) in [6.45, 7) is 0. The molecule has 148 valence electrons. The van der Waals surface area contributed by atoms with Gasteiger partial charge in [0, 0.05) is 17.7 Å². The third-order valence-electron chi connectivity index (χ3n) is 4.45. The Morgan fingerprint density at radius 3 is 2.04 bits per heavy atom. The number of nitrogens with two attached hydrogens (primary N) is 1. The fraction of sp³-hybridized carbons (Fsp3) is 0.353. The van der Waals surface area contributed by atoms with Crippen LogP contribution in [-0.4, -0.2) is 36.1 Å². The highest BCUT2D eigenvalue weighted by Crippen LogP contribution is 2.58. The van der Waals surface area contributed by atoms with Crippen LogP contribution in [0.25, 0.3) is 5.57 Å². The first kappa shape index (κ1) is 20.8. The van der Waals surface area contributed by atoms with Crippen molar-refractivity contribution in [1.29, 1.82) is 0 Å². The lowest BCUT2D eigenvalue weighted by atomic mass is 9.64. The number of rotatable bonds is 3. The van der Waals surface area contributed by atoms with Crippen molar-refractivity contribution in [2.45, 2.75) is 24.4 Å². The molecule has 0 saturated carbocycles. The minimum Gasteiger partial charge on any atom is -0.468 e. The summed E-state index contributed by atoms with van der Waals surface area (Å²) >= 11 is 0. The topological polar surface area (TPSA) is 72.5 Å². The van der Waals surface area contributed by atoms with Crippen molar-refractivity contribution in [3.05, 3.63) is 53.7 Å². The van der Waals surface area contributed by atoms with Crippen molar-refractivity contribution in [3.8, 4) is 0 Å². The van der Waals surface area contributed by atoms with E-state index in [0.717, 1.165) is 6.08 Å². The molecule has 1 aromatic rings. The normalized spacial score (nSPS) is 21.3. The van der Waals surface area contributed by atoms with E-state index in [0.29, 0.717) is 18.7 Å². The van der Waals surface area contributed by atoms with Crippen LogP contribution in [0.5, 0.6) is 0 Å². The highest BCUT2D eigenvalue weighted by molar-refractivity contribution is 5.87. The minimum absolute atomic E-state index is 0.141. The Bertz CT molecular complexity index is 768. The van der Waals surface area contributed by atoms with Gasteiger partial charge in [0.1, 0.15) is 5.41 Å². The first-order valence-corrected chi connectivity index (χ1v) is 7.49. The van der Waals surface area contributed by atoms with Gasteiger partial charge in [-0.05, 0) is 5.56 Å². The Balaban J connectivity index is 2.71. The van der Waals surface area contributed by atoms with Gasteiger partial charge in [-0.3, -0.25) is 4.79 Å². The molecular weight excluding hydrogens is 380 g/mol. The van der Waals surface area contributed by atoms with E-state index in [4.69, 9.17) is 5.73 Å². The number of hydrogen-bond acceptors (Lipinski definition) is 4. The summed E-state index contributed by atoms with van der Waals surface area (Å²) in [5.74, 6) is -1.91. The van der Waals surface area contributed by atoms with Gasteiger partial charge in [0.05, 0.1) is 7.11 Å². The second-order valence-corrected chi connectivity index (χ2v) is 5.98. The highest BCUT2D eigenvalue weighted by Gasteiger charge is 2.81. The molecule has 0 amide bonds. The second kappa shape index (κ2) is 6.59. The van der Waals surface area contributed by atoms with Gasteiger partial charge in [-0.2, -0.15) is 26.3 Å². The van der Waals surface area contributed by atoms with Gasteiger partial charge < -0.3 is 15.6 Å². The molecule has 0 aromatic heterocycles. The summed E-state index contributed by atoms with van der Waals surface area (Å²) < 4.78 is 84.6. The summed E-state index contributed by atoms with van der Waals surface area (Å²) in [6, 6.07) is 7.91. The molecule has 0 heterocycles. The van der Waals surface area contributed by atoms with E-state index in [1.165, 1.54) is 12.1 Å². The lowest BCUT2D eigenvalue weighted by Crippen LogP contribution is -2.69. The lowest BCUT2D eigenvalue weighted by molar-refractivity contribution is -0.393. The molecule has 0 fully saturated rings. The summed E-state index contributed by atoms with van der Waals surface area (Å²) in [5, 5.41) is 9.86. The van der Waals surface area contributed by atoms with Crippen LogP contribution in [0.15, 0.2) is 48.2 Å². The maximum absolute atomic E-state index is 13.4. The predicted octanol–water partition coefficient (Wildman–Crippen LogP) is 3.33. The molecule has 0 aliphatic heterocycles. The first-order valence-electron chi connectivity index (χ1n) is 7.49. The van der Waals surface area contributed by atoms with Crippen LogP contribution < -0.4 is 5.73 Å². The number of benzene rings is 1. The maximum atomic E-state index is 13.4. The molecule has 0 spiro atoms. The number of carbonyl (C=O) groups is 1. The molecule has 4 nitrogen and oxygen atoms in total. The van der Waals surface area contributed by atoms with E-state index in [1.54, 1.807) is 18.2 Å². The maximum Gasteiger partial charge on any atom is 0.427 e. The molecule has 1 aliphatic carbocycles. The molecule has 0 radical (unpaired) electrons. The molecule has 10 heteroatoms. The van der Waals surface area contributed by atoms with E-state index < -0.39 is 41.5 Å². The molecule has 1 unspecified atom stereocenters.